The van der Waals surface area contributed by atoms with Crippen LogP contribution >= 0.6 is 165 Å². The highest BCUT2D eigenvalue weighted by molar-refractivity contribution is 9.11. The number of hydrogen-bond acceptors (Lipinski definition) is 32. The number of nitrogens with zero attached hydrogens (tertiary/aromatic N) is 16. The molecule has 0 saturated heterocycles. The van der Waals surface area contributed by atoms with Gasteiger partial charge in [0.25, 0.3) is 0 Å². The summed E-state index contributed by atoms with van der Waals surface area (Å²) in [5, 5.41) is 53.5. The minimum Gasteiger partial charge on any atom is -0.301 e. The van der Waals surface area contributed by atoms with E-state index in [-0.39, 0.29) is 28.4 Å². The molecule has 24 nitrogen and oxygen atoms in total. The van der Waals surface area contributed by atoms with Crippen molar-refractivity contribution in [2.75, 3.05) is 48.0 Å². The monoisotopic (exact) mass is 1990 g/mol. The standard InChI is InChI=1S/C21H21ClN4O2S4.C21H22N4O2S4.C19H25BrN4O2S4.C16H20N4O2S4/c1-32(27,28)13-4-2-3-11-26-19(18-6-5-12-29-18)24-25-20(26)31-21-23-17(14-30-21)15-7-9-16(22)10-8-15;1-31(26,27)14-7-3-6-12-25-19(18-11-8-13-28-18)23-24-20(25)30-21-22-17(15-29-21)16-9-4-2-5-10-16;1-19(2,3)14-15(20)28-18(21-14)29-17-23-22-16(13-9-8-11-27-13)24(17)10-6-5-7-12-30(4,25)26;1-12-11-24-16(17-12)25-15-19-18-14(13-7-6-9-23-13)20(15)8-4-3-5-10-26(2,21)22/h5-10,12,14H,2-4,11,13H2,1H3;2,4-5,8-11,13,15H,3,6-7,12,14H2,1H3;8-9,11H,5-7,10,12H2,1-4H3;6-7,9,11H,3-5,8,10H2,1-2H3. The summed E-state index contributed by atoms with van der Waals surface area (Å²) < 4.78 is 104. The lowest BCUT2D eigenvalue weighted by Gasteiger charge is -2.15. The summed E-state index contributed by atoms with van der Waals surface area (Å²) in [6.45, 7) is 11.4. The Morgan fingerprint density at radius 3 is 0.983 bits per heavy atom. The molecule has 42 heteroatoms. The third-order valence-electron chi connectivity index (χ3n) is 17.2. The van der Waals surface area contributed by atoms with Crippen LogP contribution in [0.25, 0.3) is 65.3 Å². The Kier molecular flexibility index (Phi) is 35.3. The molecular weight excluding hydrogens is 1910 g/mol. The van der Waals surface area contributed by atoms with Crippen molar-refractivity contribution in [1.29, 1.82) is 0 Å². The summed E-state index contributed by atoms with van der Waals surface area (Å²) in [5.41, 5.74) is 5.98. The smallest absolute Gasteiger partial charge is 0.198 e. The lowest BCUT2D eigenvalue weighted by atomic mass is 9.93. The molecular formula is C77H88BrClN16O8S16. The van der Waals surface area contributed by atoms with Gasteiger partial charge in [-0.15, -0.1) is 120 Å². The summed E-state index contributed by atoms with van der Waals surface area (Å²) in [7, 11) is -11.6. The molecule has 0 bridgehead atoms. The number of unbranched alkanes of at least 4 members (excludes halogenated alkanes) is 8. The van der Waals surface area contributed by atoms with Gasteiger partial charge in [-0.25, -0.2) is 53.6 Å². The highest BCUT2D eigenvalue weighted by Gasteiger charge is 2.26. The van der Waals surface area contributed by atoms with Crippen molar-refractivity contribution in [1.82, 2.24) is 79.0 Å². The molecule has 0 aliphatic carbocycles. The molecule has 2 aromatic carbocycles. The van der Waals surface area contributed by atoms with E-state index in [4.69, 9.17) is 26.6 Å². The first-order chi connectivity index (χ1) is 56.8. The topological polar surface area (TPSA) is 311 Å². The Morgan fingerprint density at radius 1 is 0.370 bits per heavy atom. The molecule has 0 aliphatic heterocycles. The summed E-state index contributed by atoms with van der Waals surface area (Å²) >= 11 is 28.6. The molecule has 0 N–H and O–H groups in total. The zero-order chi connectivity index (χ0) is 84.7. The van der Waals surface area contributed by atoms with Crippen molar-refractivity contribution >= 4 is 205 Å². The van der Waals surface area contributed by atoms with Gasteiger partial charge < -0.3 is 18.3 Å². The zero-order valence-corrected chi connectivity index (χ0v) is 81.6. The molecule has 12 heterocycles. The van der Waals surface area contributed by atoms with E-state index in [1.807, 2.05) is 130 Å². The van der Waals surface area contributed by atoms with Gasteiger partial charge in [-0.2, -0.15) is 0 Å². The van der Waals surface area contributed by atoms with Crippen LogP contribution in [0.3, 0.4) is 0 Å². The molecule has 12 aromatic heterocycles. The highest BCUT2D eigenvalue weighted by atomic mass is 79.9. The van der Waals surface area contributed by atoms with Crippen LogP contribution in [-0.2, 0) is 70.9 Å². The molecule has 0 aliphatic rings. The second-order valence-corrected chi connectivity index (χ2v) is 51.4. The van der Waals surface area contributed by atoms with E-state index in [0.29, 0.717) is 30.7 Å². The van der Waals surface area contributed by atoms with Crippen LogP contribution in [0, 0.1) is 6.92 Å². The first kappa shape index (κ1) is 94.0. The van der Waals surface area contributed by atoms with Crippen molar-refractivity contribution in [3.05, 3.63) is 161 Å². The number of thiophene rings is 4. The summed E-state index contributed by atoms with van der Waals surface area (Å²) in [6.07, 6.45) is 14.7. The maximum Gasteiger partial charge on any atom is 0.198 e. The lowest BCUT2D eigenvalue weighted by molar-refractivity contribution is 0.562. The SMILES string of the molecule is CC(C)(C)c1nc(Sc2nnc(-c3cccs3)n2CCCCCS(C)(=O)=O)sc1Br.CS(=O)(=O)CCCCCn1c(Sc2nc(-c3ccc(Cl)cc3)cs2)nnc1-c1cccs1.CS(=O)(=O)CCCCCn1c(Sc2nc(-c3ccccc3)cs2)nnc1-c1cccs1.Cc1csc(Sc2nnc(-c3cccs3)n2CCCCCS(C)(=O)=O)n1. The van der Waals surface area contributed by atoms with Crippen LogP contribution < -0.4 is 0 Å². The zero-order valence-electron chi connectivity index (χ0n) is 66.2. The van der Waals surface area contributed by atoms with E-state index < -0.39 is 39.3 Å². The fraction of sp³-hybridized carbons (Fsp3) is 0.377. The first-order valence-electron chi connectivity index (χ1n) is 37.5. The van der Waals surface area contributed by atoms with E-state index in [0.717, 1.165) is 196 Å². The van der Waals surface area contributed by atoms with Crippen LogP contribution in [0.4, 0.5) is 0 Å². The fourth-order valence-electron chi connectivity index (χ4n) is 11.4. The van der Waals surface area contributed by atoms with Crippen molar-refractivity contribution < 1.29 is 33.7 Å². The van der Waals surface area contributed by atoms with Gasteiger partial charge in [-0.3, -0.25) is 0 Å². The van der Waals surface area contributed by atoms with Crippen LogP contribution in [0.2, 0.25) is 5.02 Å². The predicted molar refractivity (Wildman–Crippen MR) is 500 cm³/mol. The Morgan fingerprint density at radius 2 is 0.689 bits per heavy atom. The fourth-order valence-corrected chi connectivity index (χ4v) is 26.2. The van der Waals surface area contributed by atoms with Crippen molar-refractivity contribution in [3.63, 3.8) is 0 Å². The van der Waals surface area contributed by atoms with Crippen molar-refractivity contribution in [2.24, 2.45) is 0 Å². The quantitative estimate of drug-likeness (QED) is 0.0325. The molecule has 0 unspecified atom stereocenters. The summed E-state index contributed by atoms with van der Waals surface area (Å²) in [5.74, 6) is 4.32. The van der Waals surface area contributed by atoms with Gasteiger partial charge in [0.1, 0.15) is 39.3 Å². The highest BCUT2D eigenvalue weighted by Crippen LogP contribution is 2.43. The third-order valence-corrected chi connectivity index (χ3v) is 33.7. The van der Waals surface area contributed by atoms with E-state index >= 15 is 0 Å². The number of rotatable bonds is 38. The van der Waals surface area contributed by atoms with Crippen LogP contribution in [0.5, 0.6) is 0 Å². The van der Waals surface area contributed by atoms with Gasteiger partial charge in [0.05, 0.1) is 40.4 Å². The number of sulfone groups is 4. The van der Waals surface area contributed by atoms with Crippen LogP contribution in [0.15, 0.2) is 183 Å². The largest absolute Gasteiger partial charge is 0.301 e. The van der Waals surface area contributed by atoms with E-state index in [2.05, 4.69) is 118 Å². The third kappa shape index (κ3) is 30.0. The van der Waals surface area contributed by atoms with Crippen LogP contribution in [-0.4, -0.2) is 161 Å². The van der Waals surface area contributed by atoms with Gasteiger partial charge in [-0.1, -0.05) is 136 Å². The Balaban J connectivity index is 0.000000156. The Bertz CT molecular complexity index is 5960. The maximum atomic E-state index is 11.4. The molecule has 0 spiro atoms. The number of benzene rings is 2. The van der Waals surface area contributed by atoms with E-state index in [9.17, 15) is 33.7 Å². The number of aryl methyl sites for hydroxylation is 1. The van der Waals surface area contributed by atoms with Crippen LogP contribution in [0.1, 0.15) is 109 Å². The molecule has 14 rings (SSSR count). The van der Waals surface area contributed by atoms with Crippen molar-refractivity contribution in [2.45, 2.75) is 174 Å². The molecule has 14 aromatic rings. The average molecular weight is 1990 g/mol. The van der Waals surface area contributed by atoms with E-state index in [1.165, 1.54) is 72.1 Å². The Hall–Kier alpha value is -5.71. The Labute approximate surface area is 757 Å². The number of hydrogen-bond donors (Lipinski definition) is 0. The molecule has 0 saturated carbocycles. The molecule has 0 atom stereocenters. The minimum atomic E-state index is -2.92. The first-order valence-corrected chi connectivity index (χ1v) is 57.1. The molecule has 0 fully saturated rings. The average Bonchev–Trinajstić information content (AvgIpc) is 1.67. The number of aromatic nitrogens is 16. The molecule has 634 valence electrons. The molecule has 0 radical (unpaired) electrons. The second-order valence-electron chi connectivity index (χ2n) is 28.4. The van der Waals surface area contributed by atoms with Gasteiger partial charge in [-0.05, 0) is 179 Å². The number of halogens is 2. The van der Waals surface area contributed by atoms with Gasteiger partial charge in [0.15, 0.2) is 61.3 Å². The van der Waals surface area contributed by atoms with Gasteiger partial charge in [0, 0.05) is 118 Å². The molecule has 119 heavy (non-hydrogen) atoms. The van der Waals surface area contributed by atoms with Gasteiger partial charge >= 0.3 is 0 Å². The minimum absolute atomic E-state index is 0.0381. The molecule has 0 amide bonds. The maximum absolute atomic E-state index is 11.4. The lowest BCUT2D eigenvalue weighted by Crippen LogP contribution is -2.12. The summed E-state index contributed by atoms with van der Waals surface area (Å²) in [6, 6.07) is 33.9. The van der Waals surface area contributed by atoms with Crippen molar-refractivity contribution in [3.8, 4) is 65.3 Å². The second kappa shape index (κ2) is 44.8. The van der Waals surface area contributed by atoms with E-state index in [1.54, 1.807) is 90.7 Å². The predicted octanol–water partition coefficient (Wildman–Crippen LogP) is 21.7. The summed E-state index contributed by atoms with van der Waals surface area (Å²) in [4.78, 5) is 23.1. The number of thiazole rings is 4. The normalized spacial score (nSPS) is 12.0. The van der Waals surface area contributed by atoms with Gasteiger partial charge in [0.2, 0.25) is 0 Å².